The monoisotopic (exact) mass is 403 g/mol. The molecule has 1 aliphatic heterocycles. The quantitative estimate of drug-likeness (QED) is 0.565. The summed E-state index contributed by atoms with van der Waals surface area (Å²) in [5.41, 5.74) is 2.00. The molecule has 3 heterocycles. The molecular formula is C22H21N5O3. The zero-order valence-corrected chi connectivity index (χ0v) is 16.3. The van der Waals surface area contributed by atoms with Gasteiger partial charge in [0.25, 0.3) is 5.56 Å². The first kappa shape index (κ1) is 18.4. The fraction of sp³-hybridized carbons (Fsp3) is 0.273. The molecule has 0 saturated carbocycles. The summed E-state index contributed by atoms with van der Waals surface area (Å²) in [4.78, 5) is 46.8. The second kappa shape index (κ2) is 7.29. The van der Waals surface area contributed by atoms with E-state index in [0.29, 0.717) is 36.8 Å². The van der Waals surface area contributed by atoms with Gasteiger partial charge in [-0.1, -0.05) is 24.3 Å². The van der Waals surface area contributed by atoms with Crippen LogP contribution in [0.25, 0.3) is 21.9 Å². The van der Waals surface area contributed by atoms with Gasteiger partial charge in [0.1, 0.15) is 6.54 Å². The second-order valence-corrected chi connectivity index (χ2v) is 7.62. The normalized spacial score (nSPS) is 15.1. The van der Waals surface area contributed by atoms with Crippen molar-refractivity contribution in [3.8, 4) is 0 Å². The van der Waals surface area contributed by atoms with Gasteiger partial charge in [0.2, 0.25) is 5.91 Å². The van der Waals surface area contributed by atoms with E-state index in [1.165, 1.54) is 10.9 Å². The Labute approximate surface area is 171 Å². The number of aromatic amines is 1. The summed E-state index contributed by atoms with van der Waals surface area (Å²) in [6.45, 7) is 1.06. The molecule has 8 heteroatoms. The van der Waals surface area contributed by atoms with Crippen molar-refractivity contribution < 1.29 is 4.79 Å². The highest BCUT2D eigenvalue weighted by atomic mass is 16.2. The molecule has 152 valence electrons. The number of carbonyl (C=O) groups is 1. The molecule has 0 bridgehead atoms. The molecule has 2 aromatic heterocycles. The molecule has 0 spiro atoms. The number of rotatable bonds is 3. The lowest BCUT2D eigenvalue weighted by atomic mass is 10.0. The lowest BCUT2D eigenvalue weighted by molar-refractivity contribution is -0.133. The predicted molar refractivity (Wildman–Crippen MR) is 113 cm³/mol. The van der Waals surface area contributed by atoms with Crippen LogP contribution in [0.3, 0.4) is 0 Å². The molecule has 30 heavy (non-hydrogen) atoms. The van der Waals surface area contributed by atoms with Crippen molar-refractivity contribution in [2.75, 3.05) is 13.1 Å². The number of benzene rings is 2. The Morgan fingerprint density at radius 3 is 2.60 bits per heavy atom. The Balaban J connectivity index is 1.30. The van der Waals surface area contributed by atoms with E-state index in [1.807, 2.05) is 30.3 Å². The van der Waals surface area contributed by atoms with E-state index in [-0.39, 0.29) is 29.7 Å². The number of hydrogen-bond donors (Lipinski definition) is 1. The Bertz CT molecular complexity index is 1360. The average Bonchev–Trinajstić information content (AvgIpc) is 3.11. The van der Waals surface area contributed by atoms with Crippen molar-refractivity contribution in [1.82, 2.24) is 24.0 Å². The van der Waals surface area contributed by atoms with Crippen LogP contribution >= 0.6 is 0 Å². The van der Waals surface area contributed by atoms with Gasteiger partial charge in [-0.05, 0) is 37.1 Å². The van der Waals surface area contributed by atoms with Crippen molar-refractivity contribution >= 4 is 27.8 Å². The van der Waals surface area contributed by atoms with Gasteiger partial charge in [0.05, 0.1) is 28.3 Å². The largest absolute Gasteiger partial charge is 0.341 e. The summed E-state index contributed by atoms with van der Waals surface area (Å²) >= 11 is 0. The number of amides is 1. The first-order valence-electron chi connectivity index (χ1n) is 10.0. The minimum Gasteiger partial charge on any atom is -0.341 e. The lowest BCUT2D eigenvalue weighted by Crippen LogP contribution is -2.43. The van der Waals surface area contributed by atoms with Crippen LogP contribution in [0.4, 0.5) is 0 Å². The van der Waals surface area contributed by atoms with Gasteiger partial charge in [0, 0.05) is 19.1 Å². The van der Waals surface area contributed by atoms with Crippen molar-refractivity contribution in [3.63, 3.8) is 0 Å². The number of aromatic nitrogens is 4. The molecule has 8 nitrogen and oxygen atoms in total. The molecule has 0 unspecified atom stereocenters. The van der Waals surface area contributed by atoms with Crippen molar-refractivity contribution in [3.05, 3.63) is 75.7 Å². The van der Waals surface area contributed by atoms with Gasteiger partial charge >= 0.3 is 5.69 Å². The molecule has 1 fully saturated rings. The Kier molecular flexibility index (Phi) is 4.46. The summed E-state index contributed by atoms with van der Waals surface area (Å²) < 4.78 is 3.16. The summed E-state index contributed by atoms with van der Waals surface area (Å²) in [6, 6.07) is 14.8. The third-order valence-corrected chi connectivity index (χ3v) is 5.84. The number of imidazole rings is 1. The van der Waals surface area contributed by atoms with Gasteiger partial charge in [-0.2, -0.15) is 0 Å². The number of fused-ring (bicyclic) bond motifs is 2. The van der Waals surface area contributed by atoms with Crippen LogP contribution < -0.4 is 11.2 Å². The van der Waals surface area contributed by atoms with E-state index >= 15 is 0 Å². The number of para-hydroxylation sites is 3. The highest BCUT2D eigenvalue weighted by Crippen LogP contribution is 2.25. The smallest absolute Gasteiger partial charge is 0.326 e. The maximum absolute atomic E-state index is 12.8. The van der Waals surface area contributed by atoms with Gasteiger partial charge < -0.3 is 9.88 Å². The molecular weight excluding hydrogens is 382 g/mol. The van der Waals surface area contributed by atoms with Gasteiger partial charge in [-0.3, -0.25) is 18.7 Å². The molecule has 2 aromatic carbocycles. The van der Waals surface area contributed by atoms with Gasteiger partial charge in [-0.25, -0.2) is 9.78 Å². The van der Waals surface area contributed by atoms with E-state index in [2.05, 4.69) is 9.97 Å². The maximum Gasteiger partial charge on any atom is 0.326 e. The number of carbonyl (C=O) groups excluding carboxylic acids is 1. The number of hydrogen-bond acceptors (Lipinski definition) is 4. The van der Waals surface area contributed by atoms with Crippen molar-refractivity contribution in [1.29, 1.82) is 0 Å². The third-order valence-electron chi connectivity index (χ3n) is 5.84. The summed E-state index contributed by atoms with van der Waals surface area (Å²) in [7, 11) is 0. The molecule has 0 aliphatic carbocycles. The molecule has 0 radical (unpaired) electrons. The Hall–Kier alpha value is -3.68. The van der Waals surface area contributed by atoms with Crippen LogP contribution in [0.15, 0.2) is 64.4 Å². The highest BCUT2D eigenvalue weighted by molar-refractivity contribution is 5.79. The van der Waals surface area contributed by atoms with Crippen LogP contribution in [0.5, 0.6) is 0 Å². The van der Waals surface area contributed by atoms with Gasteiger partial charge in [-0.15, -0.1) is 0 Å². The Morgan fingerprint density at radius 2 is 1.77 bits per heavy atom. The van der Waals surface area contributed by atoms with Crippen LogP contribution in [-0.4, -0.2) is 43.0 Å². The maximum atomic E-state index is 12.8. The zero-order chi connectivity index (χ0) is 20.7. The van der Waals surface area contributed by atoms with E-state index in [1.54, 1.807) is 27.7 Å². The van der Waals surface area contributed by atoms with Crippen LogP contribution in [0.1, 0.15) is 18.9 Å². The number of likely N-dealkylation sites (tertiary alicyclic amines) is 1. The third kappa shape index (κ3) is 3.10. The molecule has 0 atom stereocenters. The molecule has 4 aromatic rings. The van der Waals surface area contributed by atoms with E-state index in [9.17, 15) is 14.4 Å². The standard InChI is InChI=1S/C22H21N5O3/c28-20(13-26-14-23-17-6-2-1-5-16(17)21(26)29)25-11-9-15(10-12-25)27-19-8-4-3-7-18(19)24-22(27)30/h1-8,14-15H,9-13H2,(H,24,30). The Morgan fingerprint density at radius 1 is 1.03 bits per heavy atom. The van der Waals surface area contributed by atoms with Crippen LogP contribution in [0, 0.1) is 0 Å². The molecule has 1 N–H and O–H groups in total. The summed E-state index contributed by atoms with van der Waals surface area (Å²) in [5.74, 6) is -0.112. The number of piperidine rings is 1. The average molecular weight is 403 g/mol. The minimum absolute atomic E-state index is 0.0334. The minimum atomic E-state index is -0.214. The zero-order valence-electron chi connectivity index (χ0n) is 16.3. The number of nitrogens with one attached hydrogen (secondary N) is 1. The molecule has 5 rings (SSSR count). The number of nitrogens with zero attached hydrogens (tertiary/aromatic N) is 4. The van der Waals surface area contributed by atoms with Gasteiger partial charge in [0.15, 0.2) is 0 Å². The molecule has 1 amide bonds. The summed E-state index contributed by atoms with van der Waals surface area (Å²) in [6.07, 6.45) is 2.82. The number of H-pyrrole nitrogens is 1. The van der Waals surface area contributed by atoms with E-state index < -0.39 is 0 Å². The van der Waals surface area contributed by atoms with E-state index in [4.69, 9.17) is 0 Å². The molecule has 1 aliphatic rings. The first-order chi connectivity index (χ1) is 14.6. The van der Waals surface area contributed by atoms with Crippen molar-refractivity contribution in [2.24, 2.45) is 0 Å². The lowest BCUT2D eigenvalue weighted by Gasteiger charge is -2.32. The fourth-order valence-electron chi connectivity index (χ4n) is 4.27. The first-order valence-corrected chi connectivity index (χ1v) is 10.0. The highest BCUT2D eigenvalue weighted by Gasteiger charge is 2.26. The summed E-state index contributed by atoms with van der Waals surface area (Å²) in [5, 5.41) is 0.505. The fourth-order valence-corrected chi connectivity index (χ4v) is 4.27. The predicted octanol–water partition coefficient (Wildman–Crippen LogP) is 1.90. The van der Waals surface area contributed by atoms with E-state index in [0.717, 1.165) is 11.0 Å². The molecule has 1 saturated heterocycles. The van der Waals surface area contributed by atoms with Crippen LogP contribution in [0.2, 0.25) is 0 Å². The topological polar surface area (TPSA) is 93.0 Å². The SMILES string of the molecule is O=C(Cn1cnc2ccccc2c1=O)N1CCC(n2c(=O)[nH]c3ccccc32)CC1. The van der Waals surface area contributed by atoms with Crippen molar-refractivity contribution in [2.45, 2.75) is 25.4 Å². The van der Waals surface area contributed by atoms with Crippen LogP contribution in [-0.2, 0) is 11.3 Å². The second-order valence-electron chi connectivity index (χ2n) is 7.62.